The highest BCUT2D eigenvalue weighted by Crippen LogP contribution is 2.29. The van der Waals surface area contributed by atoms with Gasteiger partial charge in [0.25, 0.3) is 0 Å². The van der Waals surface area contributed by atoms with E-state index < -0.39 is 11.6 Å². The van der Waals surface area contributed by atoms with Crippen LogP contribution in [0.15, 0.2) is 41.8 Å². The topological polar surface area (TPSA) is 81.7 Å². The quantitative estimate of drug-likeness (QED) is 0.430. The van der Waals surface area contributed by atoms with Crippen molar-refractivity contribution >= 4 is 17.0 Å². The summed E-state index contributed by atoms with van der Waals surface area (Å²) in [5, 5.41) is 0. The molecule has 0 aliphatic carbocycles. The molecule has 7 heteroatoms. The van der Waals surface area contributed by atoms with Gasteiger partial charge in [-0.25, -0.2) is 13.8 Å². The van der Waals surface area contributed by atoms with Gasteiger partial charge in [-0.15, -0.1) is 0 Å². The number of anilines is 1. The van der Waals surface area contributed by atoms with E-state index in [1.165, 1.54) is 12.4 Å². The van der Waals surface area contributed by atoms with Gasteiger partial charge in [-0.05, 0) is 18.2 Å². The SMILES string of the molecule is CC.CN=C(N)c1ncn2cc(-c3c(F)ccc(N)c3F)ccc12. The Morgan fingerprint density at radius 3 is 2.54 bits per heavy atom. The van der Waals surface area contributed by atoms with E-state index in [4.69, 9.17) is 11.5 Å². The number of amidine groups is 1. The van der Waals surface area contributed by atoms with E-state index in [1.54, 1.807) is 29.8 Å². The highest BCUT2D eigenvalue weighted by Gasteiger charge is 2.16. The molecule has 0 spiro atoms. The molecule has 0 amide bonds. The lowest BCUT2D eigenvalue weighted by Gasteiger charge is -2.08. The molecule has 0 atom stereocenters. The minimum atomic E-state index is -0.783. The van der Waals surface area contributed by atoms with Crippen LogP contribution in [-0.4, -0.2) is 22.3 Å². The summed E-state index contributed by atoms with van der Waals surface area (Å²) in [6.07, 6.45) is 3.07. The normalized spacial score (nSPS) is 11.3. The molecular weight excluding hydrogens is 312 g/mol. The van der Waals surface area contributed by atoms with Gasteiger partial charge in [0.05, 0.1) is 16.8 Å². The first-order chi connectivity index (χ1) is 11.5. The van der Waals surface area contributed by atoms with Gasteiger partial charge < -0.3 is 15.9 Å². The fourth-order valence-corrected chi connectivity index (χ4v) is 2.28. The molecule has 2 aromatic heterocycles. The summed E-state index contributed by atoms with van der Waals surface area (Å²) in [4.78, 5) is 8.04. The molecule has 2 heterocycles. The molecule has 4 N–H and O–H groups in total. The summed E-state index contributed by atoms with van der Waals surface area (Å²) in [7, 11) is 1.56. The molecule has 1 aromatic carbocycles. The van der Waals surface area contributed by atoms with Crippen molar-refractivity contribution < 1.29 is 8.78 Å². The smallest absolute Gasteiger partial charge is 0.156 e. The number of imidazole rings is 1. The number of nitrogen functional groups attached to an aromatic ring is 1. The third kappa shape index (κ3) is 2.92. The van der Waals surface area contributed by atoms with Crippen LogP contribution in [-0.2, 0) is 0 Å². The van der Waals surface area contributed by atoms with E-state index in [1.807, 2.05) is 13.8 Å². The van der Waals surface area contributed by atoms with Gasteiger partial charge in [-0.2, -0.15) is 0 Å². The van der Waals surface area contributed by atoms with Crippen LogP contribution in [0.4, 0.5) is 14.5 Å². The van der Waals surface area contributed by atoms with Crippen molar-refractivity contribution in [3.63, 3.8) is 0 Å². The van der Waals surface area contributed by atoms with Crippen LogP contribution in [0.1, 0.15) is 19.5 Å². The largest absolute Gasteiger partial charge is 0.396 e. The predicted molar refractivity (Wildman–Crippen MR) is 93.0 cm³/mol. The molecule has 0 fully saturated rings. The zero-order valence-electron chi connectivity index (χ0n) is 13.7. The highest BCUT2D eigenvalue weighted by molar-refractivity contribution is 6.01. The first-order valence-corrected chi connectivity index (χ1v) is 7.46. The van der Waals surface area contributed by atoms with E-state index >= 15 is 0 Å². The Morgan fingerprint density at radius 2 is 1.88 bits per heavy atom. The highest BCUT2D eigenvalue weighted by atomic mass is 19.1. The Balaban J connectivity index is 0.00000100. The van der Waals surface area contributed by atoms with E-state index in [9.17, 15) is 8.78 Å². The van der Waals surface area contributed by atoms with Crippen molar-refractivity contribution in [1.82, 2.24) is 9.38 Å². The summed E-state index contributed by atoms with van der Waals surface area (Å²) >= 11 is 0. The lowest BCUT2D eigenvalue weighted by Crippen LogP contribution is -2.13. The molecule has 0 bridgehead atoms. The van der Waals surface area contributed by atoms with Gasteiger partial charge in [0.1, 0.15) is 23.7 Å². The maximum absolute atomic E-state index is 14.1. The summed E-state index contributed by atoms with van der Waals surface area (Å²) in [6.45, 7) is 4.00. The van der Waals surface area contributed by atoms with Crippen LogP contribution in [0.5, 0.6) is 0 Å². The lowest BCUT2D eigenvalue weighted by atomic mass is 10.0. The zero-order chi connectivity index (χ0) is 17.9. The third-order valence-corrected chi connectivity index (χ3v) is 3.42. The average molecular weight is 331 g/mol. The molecule has 5 nitrogen and oxygen atoms in total. The van der Waals surface area contributed by atoms with Crippen LogP contribution in [0, 0.1) is 11.6 Å². The van der Waals surface area contributed by atoms with Crippen LogP contribution in [0.25, 0.3) is 16.6 Å². The van der Waals surface area contributed by atoms with Crippen LogP contribution in [0.2, 0.25) is 0 Å². The van der Waals surface area contributed by atoms with Crippen molar-refractivity contribution in [2.24, 2.45) is 10.7 Å². The monoisotopic (exact) mass is 331 g/mol. The molecule has 0 aliphatic heterocycles. The van der Waals surface area contributed by atoms with Crippen molar-refractivity contribution in [3.05, 3.63) is 54.1 Å². The maximum Gasteiger partial charge on any atom is 0.156 e. The third-order valence-electron chi connectivity index (χ3n) is 3.42. The summed E-state index contributed by atoms with van der Waals surface area (Å²) in [6, 6.07) is 5.60. The van der Waals surface area contributed by atoms with Gasteiger partial charge in [0.15, 0.2) is 5.82 Å². The predicted octanol–water partition coefficient (Wildman–Crippen LogP) is 3.22. The standard InChI is InChI=1S/C15H13F2N5.C2H6/c1-20-15(19)14-11-5-2-8(6-22(11)7-21-14)12-9(16)3-4-10(18)13(12)17;1-2/h2-7H,18H2,1H3,(H2,19,20);1-2H3. The molecule has 0 unspecified atom stereocenters. The molecule has 0 aliphatic rings. The van der Waals surface area contributed by atoms with E-state index in [0.29, 0.717) is 16.8 Å². The molecule has 0 saturated carbocycles. The number of aromatic nitrogens is 2. The number of nitrogens with two attached hydrogens (primary N) is 2. The summed E-state index contributed by atoms with van der Waals surface area (Å²) in [5.41, 5.74) is 12.5. The van der Waals surface area contributed by atoms with Crippen LogP contribution < -0.4 is 11.5 Å². The average Bonchev–Trinajstić information content (AvgIpc) is 3.03. The van der Waals surface area contributed by atoms with Crippen LogP contribution in [0.3, 0.4) is 0 Å². The lowest BCUT2D eigenvalue weighted by molar-refractivity contribution is 0.592. The number of nitrogens with zero attached hydrogens (tertiary/aromatic N) is 3. The Bertz CT molecular complexity index is 899. The molecular formula is C17H19F2N5. The van der Waals surface area contributed by atoms with Crippen molar-refractivity contribution in [2.45, 2.75) is 13.8 Å². The zero-order valence-corrected chi connectivity index (χ0v) is 13.7. The second-order valence-electron chi connectivity index (χ2n) is 4.74. The minimum absolute atomic E-state index is 0.106. The van der Waals surface area contributed by atoms with Gasteiger partial charge in [0.2, 0.25) is 0 Å². The molecule has 126 valence electrons. The Hall–Kier alpha value is -2.96. The number of hydrogen-bond acceptors (Lipinski definition) is 3. The molecule has 24 heavy (non-hydrogen) atoms. The van der Waals surface area contributed by atoms with Gasteiger partial charge in [-0.3, -0.25) is 4.99 Å². The number of hydrogen-bond donors (Lipinski definition) is 2. The number of benzene rings is 1. The molecule has 0 saturated heterocycles. The van der Waals surface area contributed by atoms with Crippen molar-refractivity contribution in [3.8, 4) is 11.1 Å². The fraction of sp³-hybridized carbons (Fsp3) is 0.176. The van der Waals surface area contributed by atoms with Gasteiger partial charge >= 0.3 is 0 Å². The molecule has 0 radical (unpaired) electrons. The van der Waals surface area contributed by atoms with Gasteiger partial charge in [-0.1, -0.05) is 19.9 Å². The summed E-state index contributed by atoms with van der Waals surface area (Å²) in [5.74, 6) is -1.17. The maximum atomic E-state index is 14.1. The Kier molecular flexibility index (Phi) is 5.13. The van der Waals surface area contributed by atoms with E-state index in [2.05, 4.69) is 9.98 Å². The van der Waals surface area contributed by atoms with E-state index in [0.717, 1.165) is 6.07 Å². The molecule has 3 rings (SSSR count). The number of halogens is 2. The fourth-order valence-electron chi connectivity index (χ4n) is 2.28. The Morgan fingerprint density at radius 1 is 1.17 bits per heavy atom. The van der Waals surface area contributed by atoms with Crippen LogP contribution >= 0.6 is 0 Å². The number of fused-ring (bicyclic) bond motifs is 1. The molecule has 3 aromatic rings. The number of rotatable bonds is 2. The summed E-state index contributed by atoms with van der Waals surface area (Å²) < 4.78 is 29.7. The number of pyridine rings is 1. The minimum Gasteiger partial charge on any atom is -0.396 e. The number of aliphatic imine (C=N–C) groups is 1. The van der Waals surface area contributed by atoms with Crippen molar-refractivity contribution in [2.75, 3.05) is 12.8 Å². The second-order valence-corrected chi connectivity index (χ2v) is 4.74. The first kappa shape index (κ1) is 17.4. The van der Waals surface area contributed by atoms with Gasteiger partial charge in [0, 0.05) is 18.8 Å². The first-order valence-electron chi connectivity index (χ1n) is 7.46. The Labute approximate surface area is 138 Å². The van der Waals surface area contributed by atoms with Crippen molar-refractivity contribution in [1.29, 1.82) is 0 Å². The van der Waals surface area contributed by atoms with E-state index in [-0.39, 0.29) is 17.1 Å². The second kappa shape index (κ2) is 7.08.